The SMILES string of the molecule is C=CC(=O)NC1CCC=C(c2ccnc3[nH]cc(C(=N)OC(=O)NC)c23)C1. The van der Waals surface area contributed by atoms with Gasteiger partial charge in [0.15, 0.2) is 0 Å². The molecule has 0 radical (unpaired) electrons. The first-order valence-corrected chi connectivity index (χ1v) is 8.60. The highest BCUT2D eigenvalue weighted by atomic mass is 16.6. The third kappa shape index (κ3) is 3.89. The van der Waals surface area contributed by atoms with Gasteiger partial charge < -0.3 is 20.4 Å². The number of pyridine rings is 1. The minimum Gasteiger partial charge on any atom is -0.391 e. The van der Waals surface area contributed by atoms with Gasteiger partial charge in [0.1, 0.15) is 5.65 Å². The van der Waals surface area contributed by atoms with E-state index in [9.17, 15) is 9.59 Å². The number of amides is 2. The second kappa shape index (κ2) is 7.86. The second-order valence-electron chi connectivity index (χ2n) is 6.17. The molecule has 2 aromatic rings. The molecule has 0 bridgehead atoms. The van der Waals surface area contributed by atoms with E-state index in [0.29, 0.717) is 23.0 Å². The molecular formula is C19H21N5O3. The Bertz CT molecular complexity index is 944. The molecule has 0 saturated heterocycles. The van der Waals surface area contributed by atoms with Gasteiger partial charge in [-0.25, -0.2) is 9.78 Å². The van der Waals surface area contributed by atoms with Gasteiger partial charge in [-0.15, -0.1) is 0 Å². The largest absolute Gasteiger partial charge is 0.413 e. The molecule has 8 nitrogen and oxygen atoms in total. The zero-order valence-electron chi connectivity index (χ0n) is 15.0. The first-order chi connectivity index (χ1) is 13.0. The van der Waals surface area contributed by atoms with Crippen LogP contribution in [0.5, 0.6) is 0 Å². The highest BCUT2D eigenvalue weighted by Gasteiger charge is 2.22. The number of carbonyl (C=O) groups excluding carboxylic acids is 2. The third-order valence-electron chi connectivity index (χ3n) is 4.47. The summed E-state index contributed by atoms with van der Waals surface area (Å²) in [5.74, 6) is -0.452. The van der Waals surface area contributed by atoms with E-state index >= 15 is 0 Å². The lowest BCUT2D eigenvalue weighted by molar-refractivity contribution is -0.117. The monoisotopic (exact) mass is 367 g/mol. The van der Waals surface area contributed by atoms with Crippen LogP contribution in [0.2, 0.25) is 0 Å². The molecule has 1 aliphatic rings. The summed E-state index contributed by atoms with van der Waals surface area (Å²) >= 11 is 0. The van der Waals surface area contributed by atoms with Crippen LogP contribution in [0, 0.1) is 5.41 Å². The van der Waals surface area contributed by atoms with E-state index < -0.39 is 6.09 Å². The lowest BCUT2D eigenvalue weighted by Crippen LogP contribution is -2.34. The van der Waals surface area contributed by atoms with Crippen molar-refractivity contribution in [2.24, 2.45) is 0 Å². The summed E-state index contributed by atoms with van der Waals surface area (Å²) in [7, 11) is 1.43. The van der Waals surface area contributed by atoms with Gasteiger partial charge in [-0.3, -0.25) is 10.2 Å². The number of fused-ring (bicyclic) bond motifs is 1. The molecule has 0 saturated carbocycles. The first-order valence-electron chi connectivity index (χ1n) is 8.60. The first kappa shape index (κ1) is 18.4. The lowest BCUT2D eigenvalue weighted by atomic mass is 9.88. The average Bonchev–Trinajstić information content (AvgIpc) is 3.12. The zero-order valence-corrected chi connectivity index (χ0v) is 15.0. The number of carbonyl (C=O) groups is 2. The number of allylic oxidation sites excluding steroid dienone is 1. The summed E-state index contributed by atoms with van der Waals surface area (Å²) in [6.45, 7) is 3.49. The number of H-pyrrole nitrogens is 1. The molecule has 2 heterocycles. The Morgan fingerprint density at radius 1 is 1.48 bits per heavy atom. The highest BCUT2D eigenvalue weighted by molar-refractivity contribution is 6.10. The summed E-state index contributed by atoms with van der Waals surface area (Å²) in [6, 6.07) is 1.89. The molecule has 4 N–H and O–H groups in total. The number of rotatable bonds is 4. The van der Waals surface area contributed by atoms with Crippen molar-refractivity contribution in [2.45, 2.75) is 25.3 Å². The summed E-state index contributed by atoms with van der Waals surface area (Å²) in [6.07, 6.45) is 8.33. The lowest BCUT2D eigenvalue weighted by Gasteiger charge is -2.24. The third-order valence-corrected chi connectivity index (χ3v) is 4.47. The predicted octanol–water partition coefficient (Wildman–Crippen LogP) is 2.48. The van der Waals surface area contributed by atoms with E-state index in [1.165, 1.54) is 13.1 Å². The van der Waals surface area contributed by atoms with Crippen LogP contribution in [0.3, 0.4) is 0 Å². The Morgan fingerprint density at radius 2 is 2.30 bits per heavy atom. The highest BCUT2D eigenvalue weighted by Crippen LogP contribution is 2.33. The van der Waals surface area contributed by atoms with Crippen LogP contribution in [0.4, 0.5) is 4.79 Å². The van der Waals surface area contributed by atoms with Crippen LogP contribution < -0.4 is 10.6 Å². The van der Waals surface area contributed by atoms with E-state index in [0.717, 1.165) is 24.0 Å². The van der Waals surface area contributed by atoms with Gasteiger partial charge in [-0.2, -0.15) is 0 Å². The van der Waals surface area contributed by atoms with Crippen LogP contribution in [0.1, 0.15) is 30.4 Å². The van der Waals surface area contributed by atoms with E-state index in [1.807, 2.05) is 6.07 Å². The Balaban J connectivity index is 1.95. The van der Waals surface area contributed by atoms with E-state index in [4.69, 9.17) is 10.1 Å². The maximum absolute atomic E-state index is 11.6. The molecule has 0 aliphatic heterocycles. The van der Waals surface area contributed by atoms with Gasteiger partial charge in [-0.1, -0.05) is 12.7 Å². The van der Waals surface area contributed by atoms with Crippen molar-refractivity contribution in [3.05, 3.63) is 48.3 Å². The normalized spacial score (nSPS) is 16.3. The number of ether oxygens (including phenoxy) is 1. The summed E-state index contributed by atoms with van der Waals surface area (Å²) < 4.78 is 4.98. The van der Waals surface area contributed by atoms with Crippen molar-refractivity contribution in [3.63, 3.8) is 0 Å². The van der Waals surface area contributed by atoms with Crippen molar-refractivity contribution in [2.75, 3.05) is 7.05 Å². The molecular weight excluding hydrogens is 346 g/mol. The number of aromatic amines is 1. The van der Waals surface area contributed by atoms with Crippen molar-refractivity contribution < 1.29 is 14.3 Å². The Hall–Kier alpha value is -3.42. The number of alkyl carbamates (subject to hydrolysis) is 1. The van der Waals surface area contributed by atoms with Gasteiger partial charge in [0.2, 0.25) is 11.8 Å². The van der Waals surface area contributed by atoms with E-state index in [2.05, 4.69) is 33.3 Å². The molecule has 0 aromatic carbocycles. The number of nitrogens with one attached hydrogen (secondary N) is 4. The molecule has 140 valence electrons. The molecule has 8 heteroatoms. The Morgan fingerprint density at radius 3 is 3.04 bits per heavy atom. The number of hydrogen-bond donors (Lipinski definition) is 4. The Kier molecular flexibility index (Phi) is 5.35. The second-order valence-corrected chi connectivity index (χ2v) is 6.17. The molecule has 27 heavy (non-hydrogen) atoms. The molecule has 2 aromatic heterocycles. The van der Waals surface area contributed by atoms with Crippen LogP contribution in [0.25, 0.3) is 16.6 Å². The van der Waals surface area contributed by atoms with E-state index in [-0.39, 0.29) is 17.8 Å². The van der Waals surface area contributed by atoms with Crippen molar-refractivity contribution >= 4 is 34.5 Å². The molecule has 1 unspecified atom stereocenters. The smallest absolute Gasteiger partial charge is 0.391 e. The predicted molar refractivity (Wildman–Crippen MR) is 102 cm³/mol. The number of hydrogen-bond acceptors (Lipinski definition) is 5. The molecule has 0 spiro atoms. The minimum absolute atomic E-state index is 0.0164. The zero-order chi connectivity index (χ0) is 19.4. The maximum atomic E-state index is 11.6. The van der Waals surface area contributed by atoms with Crippen LogP contribution >= 0.6 is 0 Å². The van der Waals surface area contributed by atoms with Crippen LogP contribution in [-0.4, -0.2) is 41.0 Å². The summed E-state index contributed by atoms with van der Waals surface area (Å²) in [5, 5.41) is 14.1. The topological polar surface area (TPSA) is 120 Å². The van der Waals surface area contributed by atoms with Crippen LogP contribution in [-0.2, 0) is 9.53 Å². The molecule has 2 amide bonds. The summed E-state index contributed by atoms with van der Waals surface area (Å²) in [5.41, 5.74) is 3.01. The van der Waals surface area contributed by atoms with Gasteiger partial charge in [0.05, 0.1) is 5.56 Å². The van der Waals surface area contributed by atoms with Gasteiger partial charge in [-0.05, 0) is 42.5 Å². The average molecular weight is 367 g/mol. The van der Waals surface area contributed by atoms with Gasteiger partial charge in [0.25, 0.3) is 0 Å². The fraction of sp³-hybridized carbons (Fsp3) is 0.263. The van der Waals surface area contributed by atoms with Gasteiger partial charge >= 0.3 is 6.09 Å². The molecule has 1 aliphatic carbocycles. The molecule has 3 rings (SSSR count). The van der Waals surface area contributed by atoms with Gasteiger partial charge in [0, 0.05) is 30.9 Å². The fourth-order valence-electron chi connectivity index (χ4n) is 3.21. The fourth-order valence-corrected chi connectivity index (χ4v) is 3.21. The molecule has 1 atom stereocenters. The van der Waals surface area contributed by atoms with E-state index in [1.54, 1.807) is 12.4 Å². The van der Waals surface area contributed by atoms with Crippen molar-refractivity contribution in [1.82, 2.24) is 20.6 Å². The Labute approximate surface area is 156 Å². The molecule has 0 fully saturated rings. The quantitative estimate of drug-likeness (QED) is 0.377. The van der Waals surface area contributed by atoms with Crippen LogP contribution in [0.15, 0.2) is 37.2 Å². The maximum Gasteiger partial charge on any atom is 0.413 e. The standard InChI is InChI=1S/C19H21N5O3/c1-3-15(25)24-12-6-4-5-11(9-12)13-7-8-22-18-16(13)14(10-23-18)17(20)27-19(26)21-2/h3,5,7-8,10,12,20H,1,4,6,9H2,2H3,(H,21,26)(H,22,23)(H,24,25). The van der Waals surface area contributed by atoms with Crippen molar-refractivity contribution in [1.29, 1.82) is 5.41 Å². The minimum atomic E-state index is -0.705. The number of aromatic nitrogens is 2. The van der Waals surface area contributed by atoms with Crippen molar-refractivity contribution in [3.8, 4) is 0 Å². The number of nitrogens with zero attached hydrogens (tertiary/aromatic N) is 1. The summed E-state index contributed by atoms with van der Waals surface area (Å²) in [4.78, 5) is 30.4.